The van der Waals surface area contributed by atoms with Gasteiger partial charge in [0.05, 0.1) is 19.3 Å². The summed E-state index contributed by atoms with van der Waals surface area (Å²) in [4.78, 5) is 15.9. The molecule has 0 aliphatic carbocycles. The molecule has 0 aromatic rings. The van der Waals surface area contributed by atoms with Gasteiger partial charge in [-0.05, 0) is 33.1 Å². The molecular formula is C12H22N2O3. The first-order chi connectivity index (χ1) is 8.13. The highest BCUT2D eigenvalue weighted by atomic mass is 16.6. The molecule has 2 atom stereocenters. The molecule has 2 heterocycles. The van der Waals surface area contributed by atoms with Gasteiger partial charge in [0.25, 0.3) is 0 Å². The maximum atomic E-state index is 11.8. The first kappa shape index (κ1) is 12.6. The number of carbonyl (C=O) groups is 1. The van der Waals surface area contributed by atoms with Gasteiger partial charge in [0.2, 0.25) is 0 Å². The number of piperidine rings is 1. The van der Waals surface area contributed by atoms with Crippen LogP contribution in [0.4, 0.5) is 4.79 Å². The second-order valence-electron chi connectivity index (χ2n) is 5.15. The van der Waals surface area contributed by atoms with Crippen LogP contribution < -0.4 is 0 Å². The van der Waals surface area contributed by atoms with Gasteiger partial charge in [0, 0.05) is 12.6 Å². The molecule has 17 heavy (non-hydrogen) atoms. The zero-order valence-corrected chi connectivity index (χ0v) is 10.6. The molecule has 0 spiro atoms. The van der Waals surface area contributed by atoms with Crippen LogP contribution in [0, 0.1) is 0 Å². The summed E-state index contributed by atoms with van der Waals surface area (Å²) in [5.74, 6) is 0. The third-order valence-electron chi connectivity index (χ3n) is 3.64. The quantitative estimate of drug-likeness (QED) is 0.803. The molecule has 0 bridgehead atoms. The van der Waals surface area contributed by atoms with Crippen LogP contribution in [0.1, 0.15) is 33.1 Å². The van der Waals surface area contributed by atoms with Crippen molar-refractivity contribution in [2.24, 2.45) is 0 Å². The number of hydrogen-bond acceptors (Lipinski definition) is 4. The molecule has 0 aromatic carbocycles. The van der Waals surface area contributed by atoms with Crippen molar-refractivity contribution < 1.29 is 14.6 Å². The average molecular weight is 242 g/mol. The largest absolute Gasteiger partial charge is 0.442 e. The third kappa shape index (κ3) is 2.55. The standard InChI is InChI=1S/C12H22N2O3/c1-9(2)13-6-4-3-5-11(13)14-7-10(8-15)17-12(14)16/h9-11,15H,3-8H2,1-2H3/t10-,11?/m1/s1. The minimum Gasteiger partial charge on any atom is -0.442 e. The zero-order valence-electron chi connectivity index (χ0n) is 10.6. The van der Waals surface area contributed by atoms with Gasteiger partial charge in [-0.1, -0.05) is 0 Å². The van der Waals surface area contributed by atoms with E-state index in [1.807, 2.05) is 0 Å². The maximum absolute atomic E-state index is 11.8. The van der Waals surface area contributed by atoms with Crippen LogP contribution in [0.15, 0.2) is 0 Å². The van der Waals surface area contributed by atoms with Gasteiger partial charge in [0.15, 0.2) is 0 Å². The molecule has 2 aliphatic rings. The lowest BCUT2D eigenvalue weighted by Gasteiger charge is -2.42. The van der Waals surface area contributed by atoms with E-state index in [0.29, 0.717) is 12.6 Å². The Labute approximate surface area is 102 Å². The Morgan fingerprint density at radius 2 is 2.24 bits per heavy atom. The van der Waals surface area contributed by atoms with E-state index in [9.17, 15) is 4.79 Å². The Kier molecular flexibility index (Phi) is 3.89. The number of aliphatic hydroxyl groups excluding tert-OH is 1. The van der Waals surface area contributed by atoms with Crippen molar-refractivity contribution in [2.45, 2.75) is 51.4 Å². The second kappa shape index (κ2) is 5.23. The summed E-state index contributed by atoms with van der Waals surface area (Å²) in [5.41, 5.74) is 0. The van der Waals surface area contributed by atoms with E-state index in [1.165, 1.54) is 6.42 Å². The molecule has 1 amide bonds. The Morgan fingerprint density at radius 3 is 2.82 bits per heavy atom. The number of amides is 1. The fraction of sp³-hybridized carbons (Fsp3) is 0.917. The Bertz CT molecular complexity index is 283. The second-order valence-corrected chi connectivity index (χ2v) is 5.15. The molecule has 2 fully saturated rings. The van der Waals surface area contributed by atoms with E-state index in [1.54, 1.807) is 4.90 Å². The molecule has 2 aliphatic heterocycles. The molecule has 2 rings (SSSR count). The van der Waals surface area contributed by atoms with Gasteiger partial charge in [-0.2, -0.15) is 0 Å². The van der Waals surface area contributed by atoms with Crippen LogP contribution >= 0.6 is 0 Å². The number of nitrogens with zero attached hydrogens (tertiary/aromatic N) is 2. The molecule has 0 aromatic heterocycles. The lowest BCUT2D eigenvalue weighted by Crippen LogP contribution is -2.54. The minimum absolute atomic E-state index is 0.0867. The first-order valence-electron chi connectivity index (χ1n) is 6.47. The van der Waals surface area contributed by atoms with Gasteiger partial charge in [-0.15, -0.1) is 0 Å². The van der Waals surface area contributed by atoms with Crippen LogP contribution in [-0.4, -0.2) is 59.0 Å². The predicted octanol–water partition coefficient (Wildman–Crippen LogP) is 1.02. The highest BCUT2D eigenvalue weighted by Gasteiger charge is 2.39. The van der Waals surface area contributed by atoms with E-state index >= 15 is 0 Å². The molecule has 5 heteroatoms. The van der Waals surface area contributed by atoms with Crippen LogP contribution in [0.2, 0.25) is 0 Å². The van der Waals surface area contributed by atoms with Crippen molar-refractivity contribution in [1.29, 1.82) is 0 Å². The monoisotopic (exact) mass is 242 g/mol. The van der Waals surface area contributed by atoms with E-state index < -0.39 is 0 Å². The van der Waals surface area contributed by atoms with Gasteiger partial charge in [-0.25, -0.2) is 4.79 Å². The van der Waals surface area contributed by atoms with Crippen LogP contribution in [0.25, 0.3) is 0 Å². The molecule has 5 nitrogen and oxygen atoms in total. The van der Waals surface area contributed by atoms with E-state index in [-0.39, 0.29) is 25.0 Å². The lowest BCUT2D eigenvalue weighted by molar-refractivity contribution is 0.0208. The van der Waals surface area contributed by atoms with E-state index in [4.69, 9.17) is 9.84 Å². The number of likely N-dealkylation sites (tertiary alicyclic amines) is 1. The van der Waals surface area contributed by atoms with Crippen molar-refractivity contribution in [2.75, 3.05) is 19.7 Å². The van der Waals surface area contributed by atoms with Crippen molar-refractivity contribution >= 4 is 6.09 Å². The molecule has 1 N–H and O–H groups in total. The predicted molar refractivity (Wildman–Crippen MR) is 63.5 cm³/mol. The van der Waals surface area contributed by atoms with Gasteiger partial charge in [-0.3, -0.25) is 9.80 Å². The first-order valence-corrected chi connectivity index (χ1v) is 6.47. The summed E-state index contributed by atoms with van der Waals surface area (Å²) in [5, 5.41) is 9.06. The summed E-state index contributed by atoms with van der Waals surface area (Å²) < 4.78 is 5.11. The normalized spacial score (nSPS) is 31.1. The summed E-state index contributed by atoms with van der Waals surface area (Å²) in [6, 6.07) is 0.432. The van der Waals surface area contributed by atoms with Crippen molar-refractivity contribution in [1.82, 2.24) is 9.80 Å². The van der Waals surface area contributed by atoms with Crippen LogP contribution in [0.3, 0.4) is 0 Å². The molecule has 98 valence electrons. The number of rotatable bonds is 3. The number of cyclic esters (lactones) is 1. The van der Waals surface area contributed by atoms with Crippen molar-refractivity contribution in [3.63, 3.8) is 0 Å². The summed E-state index contributed by atoms with van der Waals surface area (Å²) in [7, 11) is 0. The topological polar surface area (TPSA) is 53.0 Å². The molecule has 2 saturated heterocycles. The fourth-order valence-electron chi connectivity index (χ4n) is 2.75. The summed E-state index contributed by atoms with van der Waals surface area (Å²) in [6.07, 6.45) is 2.88. The lowest BCUT2D eigenvalue weighted by atomic mass is 10.0. The minimum atomic E-state index is -0.349. The van der Waals surface area contributed by atoms with Crippen LogP contribution in [0.5, 0.6) is 0 Å². The smallest absolute Gasteiger partial charge is 0.411 e. The van der Waals surface area contributed by atoms with Gasteiger partial charge in [0.1, 0.15) is 6.10 Å². The summed E-state index contributed by atoms with van der Waals surface area (Å²) >= 11 is 0. The highest BCUT2D eigenvalue weighted by molar-refractivity contribution is 5.70. The highest BCUT2D eigenvalue weighted by Crippen LogP contribution is 2.26. The fourth-order valence-corrected chi connectivity index (χ4v) is 2.75. The summed E-state index contributed by atoms with van der Waals surface area (Å²) in [6.45, 7) is 5.78. The van der Waals surface area contributed by atoms with Gasteiger partial charge >= 0.3 is 6.09 Å². The number of carbonyl (C=O) groups excluding carboxylic acids is 1. The molecule has 0 saturated carbocycles. The van der Waals surface area contributed by atoms with Crippen molar-refractivity contribution in [3.05, 3.63) is 0 Å². The molecular weight excluding hydrogens is 220 g/mol. The Morgan fingerprint density at radius 1 is 1.47 bits per heavy atom. The van der Waals surface area contributed by atoms with Crippen molar-refractivity contribution in [3.8, 4) is 0 Å². The van der Waals surface area contributed by atoms with Crippen LogP contribution in [-0.2, 0) is 4.74 Å². The maximum Gasteiger partial charge on any atom is 0.411 e. The Hall–Kier alpha value is -0.810. The SMILES string of the molecule is CC(C)N1CCCCC1N1C[C@H](CO)OC1=O. The number of ether oxygens (including phenoxy) is 1. The third-order valence-corrected chi connectivity index (χ3v) is 3.64. The average Bonchev–Trinajstić information content (AvgIpc) is 2.70. The Balaban J connectivity index is 2.06. The number of hydrogen-bond donors (Lipinski definition) is 1. The van der Waals surface area contributed by atoms with Gasteiger partial charge < -0.3 is 9.84 Å². The molecule has 1 unspecified atom stereocenters. The molecule has 0 radical (unpaired) electrons. The number of aliphatic hydroxyl groups is 1. The van der Waals surface area contributed by atoms with E-state index in [2.05, 4.69) is 18.7 Å². The zero-order chi connectivity index (χ0) is 12.4. The van der Waals surface area contributed by atoms with E-state index in [0.717, 1.165) is 19.4 Å².